The van der Waals surface area contributed by atoms with Crippen LogP contribution in [0.1, 0.15) is 87.4 Å². The van der Waals surface area contributed by atoms with E-state index < -0.39 is 36.0 Å². The van der Waals surface area contributed by atoms with Gasteiger partial charge in [-0.15, -0.1) is 0 Å². The SMILES string of the molecule is CCC(=O)N[C@@H](Cc1ccc2ccccc2c1)C(=O)N[C@H](C(=O)N[C@@H](CCCCN)C(=O)NC(c1ccccc1)c1ccccc1)C1CCCCC1. The minimum atomic E-state index is -0.881. The third kappa shape index (κ3) is 10.7. The first-order valence-electron chi connectivity index (χ1n) is 18.8. The lowest BCUT2D eigenvalue weighted by atomic mass is 9.83. The molecule has 0 aromatic heterocycles. The fraction of sp³-hybridized carbons (Fsp3) is 0.395. The van der Waals surface area contributed by atoms with E-state index in [1.54, 1.807) is 6.92 Å². The maximum absolute atomic E-state index is 14.3. The smallest absolute Gasteiger partial charge is 0.243 e. The third-order valence-electron chi connectivity index (χ3n) is 10.1. The minimum absolute atomic E-state index is 0.102. The van der Waals surface area contributed by atoms with Crippen LogP contribution in [-0.2, 0) is 25.6 Å². The van der Waals surface area contributed by atoms with E-state index in [2.05, 4.69) is 21.3 Å². The van der Waals surface area contributed by atoms with Crippen LogP contribution in [0, 0.1) is 5.92 Å². The summed E-state index contributed by atoms with van der Waals surface area (Å²) in [6, 6.07) is 30.5. The van der Waals surface area contributed by atoms with Gasteiger partial charge in [0.15, 0.2) is 0 Å². The Hall–Kier alpha value is -5.02. The molecule has 4 aromatic rings. The highest BCUT2D eigenvalue weighted by Gasteiger charge is 2.35. The number of nitrogens with two attached hydrogens (primary N) is 1. The average molecular weight is 704 g/mol. The lowest BCUT2D eigenvalue weighted by Crippen LogP contribution is -2.59. The quantitative estimate of drug-likeness (QED) is 0.0876. The van der Waals surface area contributed by atoms with Crippen LogP contribution < -0.4 is 27.0 Å². The van der Waals surface area contributed by atoms with Crippen LogP contribution in [0.4, 0.5) is 0 Å². The molecule has 0 saturated heterocycles. The molecule has 0 bridgehead atoms. The summed E-state index contributed by atoms with van der Waals surface area (Å²) >= 11 is 0. The molecule has 0 radical (unpaired) electrons. The Labute approximate surface area is 307 Å². The second-order valence-electron chi connectivity index (χ2n) is 13.9. The zero-order valence-corrected chi connectivity index (χ0v) is 30.2. The van der Waals surface area contributed by atoms with Crippen molar-refractivity contribution in [1.82, 2.24) is 21.3 Å². The predicted octanol–water partition coefficient (Wildman–Crippen LogP) is 5.86. The van der Waals surface area contributed by atoms with Crippen LogP contribution in [0.15, 0.2) is 103 Å². The molecule has 1 fully saturated rings. The van der Waals surface area contributed by atoms with Crippen LogP contribution in [-0.4, -0.2) is 48.3 Å². The van der Waals surface area contributed by atoms with Crippen molar-refractivity contribution < 1.29 is 19.2 Å². The van der Waals surface area contributed by atoms with Crippen molar-refractivity contribution in [3.8, 4) is 0 Å². The van der Waals surface area contributed by atoms with Gasteiger partial charge in [-0.3, -0.25) is 19.2 Å². The Bertz CT molecular complexity index is 1720. The Balaban J connectivity index is 1.37. The molecule has 0 spiro atoms. The van der Waals surface area contributed by atoms with Crippen molar-refractivity contribution in [2.75, 3.05) is 6.54 Å². The number of carbonyl (C=O) groups excluding carboxylic acids is 4. The average Bonchev–Trinajstić information content (AvgIpc) is 3.19. The van der Waals surface area contributed by atoms with Gasteiger partial charge in [0.2, 0.25) is 23.6 Å². The summed E-state index contributed by atoms with van der Waals surface area (Å²) in [6.07, 6.45) is 6.78. The van der Waals surface area contributed by atoms with Gasteiger partial charge in [-0.2, -0.15) is 0 Å². The van der Waals surface area contributed by atoms with E-state index in [1.807, 2.05) is 103 Å². The molecule has 9 heteroatoms. The van der Waals surface area contributed by atoms with Gasteiger partial charge in [-0.25, -0.2) is 0 Å². The molecule has 3 atom stereocenters. The molecule has 6 N–H and O–H groups in total. The zero-order valence-electron chi connectivity index (χ0n) is 30.2. The fourth-order valence-electron chi connectivity index (χ4n) is 7.14. The molecule has 5 rings (SSSR count). The second-order valence-corrected chi connectivity index (χ2v) is 13.9. The molecule has 274 valence electrons. The first kappa shape index (κ1) is 38.2. The lowest BCUT2D eigenvalue weighted by Gasteiger charge is -2.33. The summed E-state index contributed by atoms with van der Waals surface area (Å²) in [6.45, 7) is 2.22. The predicted molar refractivity (Wildman–Crippen MR) is 206 cm³/mol. The van der Waals surface area contributed by atoms with Gasteiger partial charge < -0.3 is 27.0 Å². The van der Waals surface area contributed by atoms with Gasteiger partial charge in [-0.05, 0) is 72.0 Å². The minimum Gasteiger partial charge on any atom is -0.344 e. The van der Waals surface area contributed by atoms with Crippen LogP contribution in [0.25, 0.3) is 10.8 Å². The molecular formula is C43H53N5O4. The first-order chi connectivity index (χ1) is 25.4. The van der Waals surface area contributed by atoms with Crippen molar-refractivity contribution in [2.24, 2.45) is 11.7 Å². The Morgan fingerprint density at radius 1 is 0.654 bits per heavy atom. The number of nitrogens with one attached hydrogen (secondary N) is 4. The summed E-state index contributed by atoms with van der Waals surface area (Å²) in [7, 11) is 0. The highest BCUT2D eigenvalue weighted by molar-refractivity contribution is 5.95. The van der Waals surface area contributed by atoms with Crippen LogP contribution in [0.3, 0.4) is 0 Å². The molecule has 4 aromatic carbocycles. The largest absolute Gasteiger partial charge is 0.344 e. The van der Waals surface area contributed by atoms with Crippen molar-refractivity contribution >= 4 is 34.4 Å². The molecule has 1 saturated carbocycles. The maximum Gasteiger partial charge on any atom is 0.243 e. The van der Waals surface area contributed by atoms with E-state index in [4.69, 9.17) is 5.73 Å². The lowest BCUT2D eigenvalue weighted by molar-refractivity contribution is -0.135. The standard InChI is InChI=1S/C43H53N5O4/c1-2-38(49)45-37(29-30-25-26-31-16-12-13-23-35(31)28-30)42(51)48-40(34-21-10-5-11-22-34)43(52)46-36(24-14-15-27-44)41(50)47-39(32-17-6-3-7-18-32)33-19-8-4-9-20-33/h3-4,6-9,12-13,16-20,23,25-26,28,34,36-37,39-40H,2,5,10-11,14-15,21-22,24,27,29,44H2,1H3,(H,45,49)(H,46,52)(H,47,50)(H,48,51)/t36-,37-,40-/m0/s1. The van der Waals surface area contributed by atoms with Gasteiger partial charge in [0.25, 0.3) is 0 Å². The van der Waals surface area contributed by atoms with Crippen LogP contribution >= 0.6 is 0 Å². The molecule has 0 unspecified atom stereocenters. The van der Waals surface area contributed by atoms with Crippen molar-refractivity contribution in [3.63, 3.8) is 0 Å². The Morgan fingerprint density at radius 2 is 1.27 bits per heavy atom. The zero-order chi connectivity index (χ0) is 36.7. The number of amides is 4. The van der Waals surface area contributed by atoms with Crippen LogP contribution in [0.2, 0.25) is 0 Å². The van der Waals surface area contributed by atoms with Gasteiger partial charge in [0.05, 0.1) is 6.04 Å². The fourth-order valence-corrected chi connectivity index (χ4v) is 7.14. The first-order valence-corrected chi connectivity index (χ1v) is 18.8. The van der Waals surface area contributed by atoms with E-state index in [0.717, 1.165) is 59.6 Å². The summed E-state index contributed by atoms with van der Waals surface area (Å²) in [5.41, 5.74) is 8.56. The maximum atomic E-state index is 14.3. The van der Waals surface area contributed by atoms with E-state index in [-0.39, 0.29) is 30.6 Å². The normalized spacial score (nSPS) is 15.0. The van der Waals surface area contributed by atoms with Gasteiger partial charge >= 0.3 is 0 Å². The van der Waals surface area contributed by atoms with Crippen molar-refractivity contribution in [1.29, 1.82) is 0 Å². The number of hydrogen-bond acceptors (Lipinski definition) is 5. The summed E-state index contributed by atoms with van der Waals surface area (Å²) in [5.74, 6) is -1.47. The molecule has 1 aliphatic carbocycles. The van der Waals surface area contributed by atoms with E-state index in [9.17, 15) is 19.2 Å². The van der Waals surface area contributed by atoms with Crippen molar-refractivity contribution in [3.05, 3.63) is 120 Å². The van der Waals surface area contributed by atoms with E-state index >= 15 is 0 Å². The van der Waals surface area contributed by atoms with Gasteiger partial charge in [-0.1, -0.05) is 129 Å². The second kappa shape index (κ2) is 19.6. The third-order valence-corrected chi connectivity index (χ3v) is 10.1. The molecule has 9 nitrogen and oxygen atoms in total. The number of rotatable bonds is 17. The molecular weight excluding hydrogens is 651 g/mol. The number of carbonyl (C=O) groups is 4. The summed E-state index contributed by atoms with van der Waals surface area (Å²) in [4.78, 5) is 55.2. The molecule has 0 aliphatic heterocycles. The van der Waals surface area contributed by atoms with E-state index in [1.165, 1.54) is 0 Å². The number of unbranched alkanes of at least 4 members (excludes halogenated alkanes) is 1. The number of hydrogen-bond donors (Lipinski definition) is 5. The Morgan fingerprint density at radius 3 is 1.90 bits per heavy atom. The number of fused-ring (bicyclic) bond motifs is 1. The van der Waals surface area contributed by atoms with Gasteiger partial charge in [0, 0.05) is 12.8 Å². The number of benzene rings is 4. The van der Waals surface area contributed by atoms with Gasteiger partial charge in [0.1, 0.15) is 18.1 Å². The van der Waals surface area contributed by atoms with Crippen LogP contribution in [0.5, 0.6) is 0 Å². The highest BCUT2D eigenvalue weighted by Crippen LogP contribution is 2.28. The summed E-state index contributed by atoms with van der Waals surface area (Å²) in [5, 5.41) is 14.3. The molecule has 1 aliphatic rings. The molecule has 52 heavy (non-hydrogen) atoms. The Kier molecular flexibility index (Phi) is 14.4. The monoisotopic (exact) mass is 703 g/mol. The summed E-state index contributed by atoms with van der Waals surface area (Å²) < 4.78 is 0. The molecule has 0 heterocycles. The van der Waals surface area contributed by atoms with Crippen molar-refractivity contribution in [2.45, 2.75) is 95.3 Å². The van der Waals surface area contributed by atoms with E-state index in [0.29, 0.717) is 25.8 Å². The highest BCUT2D eigenvalue weighted by atomic mass is 16.2. The topological polar surface area (TPSA) is 142 Å². The molecule has 4 amide bonds.